The number of methoxy groups -OCH3 is 1. The maximum absolute atomic E-state index is 5.93. The second kappa shape index (κ2) is 10.4. The molecule has 0 aliphatic carbocycles. The summed E-state index contributed by atoms with van der Waals surface area (Å²) in [6.45, 7) is 5.23. The lowest BCUT2D eigenvalue weighted by molar-refractivity contribution is -0.0157. The third-order valence-corrected chi connectivity index (χ3v) is 6.24. The highest BCUT2D eigenvalue weighted by Crippen LogP contribution is 2.36. The Labute approximate surface area is 194 Å². The molecule has 0 radical (unpaired) electrons. The van der Waals surface area contributed by atoms with Crippen LogP contribution in [0.3, 0.4) is 0 Å². The molecule has 0 atom stereocenters. The first-order chi connectivity index (χ1) is 16.3. The summed E-state index contributed by atoms with van der Waals surface area (Å²) in [6.07, 6.45) is 4.60. The van der Waals surface area contributed by atoms with Crippen LogP contribution in [-0.2, 0) is 22.6 Å². The number of hydrogen-bond acceptors (Lipinski definition) is 6. The fraction of sp³-hybridized carbons (Fsp3) is 0.423. The Balaban J connectivity index is 1.33. The smallest absolute Gasteiger partial charge is 0.231 e. The topological polar surface area (TPSA) is 58.0 Å². The zero-order valence-electron chi connectivity index (χ0n) is 19.1. The second-order valence-corrected chi connectivity index (χ2v) is 8.59. The lowest BCUT2D eigenvalue weighted by Crippen LogP contribution is -2.37. The van der Waals surface area contributed by atoms with Gasteiger partial charge in [0.2, 0.25) is 6.79 Å². The Kier molecular flexibility index (Phi) is 6.90. The van der Waals surface area contributed by atoms with Crippen LogP contribution in [0.15, 0.2) is 54.7 Å². The molecule has 1 fully saturated rings. The van der Waals surface area contributed by atoms with Crippen LogP contribution in [0.1, 0.15) is 24.0 Å². The molecule has 7 nitrogen and oxygen atoms in total. The summed E-state index contributed by atoms with van der Waals surface area (Å²) in [7, 11) is 1.71. The summed E-state index contributed by atoms with van der Waals surface area (Å²) < 4.78 is 24.2. The average Bonchev–Trinajstić information content (AvgIpc) is 3.47. The van der Waals surface area contributed by atoms with Crippen molar-refractivity contribution in [3.05, 3.63) is 65.9 Å². The van der Waals surface area contributed by atoms with Gasteiger partial charge in [0.05, 0.1) is 31.6 Å². The number of fused-ring (bicyclic) bond motifs is 1. The molecule has 3 aromatic rings. The van der Waals surface area contributed by atoms with E-state index in [0.717, 1.165) is 61.8 Å². The van der Waals surface area contributed by atoms with Crippen LogP contribution in [0.5, 0.6) is 11.5 Å². The molecule has 1 aromatic heterocycles. The number of likely N-dealkylation sites (tertiary alicyclic amines) is 1. The van der Waals surface area contributed by atoms with Crippen molar-refractivity contribution in [3.63, 3.8) is 0 Å². The second-order valence-electron chi connectivity index (χ2n) is 8.59. The van der Waals surface area contributed by atoms with Gasteiger partial charge in [0.15, 0.2) is 11.5 Å². The van der Waals surface area contributed by atoms with Crippen molar-refractivity contribution >= 4 is 0 Å². The molecular weight excluding hydrogens is 418 g/mol. The zero-order valence-corrected chi connectivity index (χ0v) is 19.1. The Bertz CT molecular complexity index is 1040. The first-order valence-electron chi connectivity index (χ1n) is 11.6. The maximum atomic E-state index is 5.93. The minimum Gasteiger partial charge on any atom is -0.454 e. The van der Waals surface area contributed by atoms with Crippen LogP contribution in [0.25, 0.3) is 11.3 Å². The Hall–Kier alpha value is -2.87. The van der Waals surface area contributed by atoms with Gasteiger partial charge in [-0.1, -0.05) is 30.3 Å². The zero-order chi connectivity index (χ0) is 22.5. The minimum atomic E-state index is 0.273. The van der Waals surface area contributed by atoms with Crippen molar-refractivity contribution in [2.75, 3.05) is 40.2 Å². The van der Waals surface area contributed by atoms with Gasteiger partial charge < -0.3 is 18.9 Å². The number of rotatable bonds is 9. The highest BCUT2D eigenvalue weighted by Gasteiger charge is 2.23. The number of ether oxygens (including phenoxy) is 4. The normalized spacial score (nSPS) is 16.4. The fourth-order valence-electron chi connectivity index (χ4n) is 4.49. The number of piperidine rings is 1. The molecule has 0 bridgehead atoms. The van der Waals surface area contributed by atoms with Gasteiger partial charge in [-0.25, -0.2) is 0 Å². The van der Waals surface area contributed by atoms with E-state index < -0.39 is 0 Å². The Morgan fingerprint density at radius 2 is 1.79 bits per heavy atom. The molecule has 2 aromatic carbocycles. The van der Waals surface area contributed by atoms with Crippen LogP contribution in [0, 0.1) is 0 Å². The van der Waals surface area contributed by atoms with Crippen molar-refractivity contribution in [1.29, 1.82) is 0 Å². The molecule has 0 N–H and O–H groups in total. The van der Waals surface area contributed by atoms with Gasteiger partial charge in [-0.15, -0.1) is 0 Å². The summed E-state index contributed by atoms with van der Waals surface area (Å²) in [6, 6.07) is 16.5. The summed E-state index contributed by atoms with van der Waals surface area (Å²) in [5, 5.41) is 4.99. The van der Waals surface area contributed by atoms with E-state index in [9.17, 15) is 0 Å². The highest BCUT2D eigenvalue weighted by molar-refractivity contribution is 5.67. The minimum absolute atomic E-state index is 0.273. The maximum Gasteiger partial charge on any atom is 0.231 e. The first kappa shape index (κ1) is 21.9. The molecule has 1 saturated heterocycles. The monoisotopic (exact) mass is 449 g/mol. The summed E-state index contributed by atoms with van der Waals surface area (Å²) in [4.78, 5) is 2.50. The first-order valence-corrected chi connectivity index (χ1v) is 11.6. The molecule has 0 amide bonds. The standard InChI is InChI=1S/C26H31N3O4/c1-30-13-14-31-23-9-11-28(12-10-23)17-22-18-29(16-20-5-3-2-4-6-20)27-26(22)21-7-8-24-25(15-21)33-19-32-24/h2-8,15,18,23H,9-14,16-17,19H2,1H3. The van der Waals surface area contributed by atoms with Crippen molar-refractivity contribution in [2.45, 2.75) is 32.0 Å². The van der Waals surface area contributed by atoms with E-state index in [1.54, 1.807) is 7.11 Å². The molecule has 0 saturated carbocycles. The average molecular weight is 450 g/mol. The molecule has 0 unspecified atom stereocenters. The lowest BCUT2D eigenvalue weighted by atomic mass is 10.0. The molecule has 174 valence electrons. The van der Waals surface area contributed by atoms with E-state index in [4.69, 9.17) is 24.0 Å². The van der Waals surface area contributed by atoms with Gasteiger partial charge in [0.25, 0.3) is 0 Å². The summed E-state index contributed by atoms with van der Waals surface area (Å²) in [5.41, 5.74) is 4.52. The molecule has 33 heavy (non-hydrogen) atoms. The van der Waals surface area contributed by atoms with Gasteiger partial charge in [0, 0.05) is 44.1 Å². The molecule has 3 heterocycles. The van der Waals surface area contributed by atoms with E-state index in [-0.39, 0.29) is 6.79 Å². The molecule has 2 aliphatic heterocycles. The fourth-order valence-corrected chi connectivity index (χ4v) is 4.49. The van der Waals surface area contributed by atoms with E-state index >= 15 is 0 Å². The predicted octanol–water partition coefficient (Wildman–Crippen LogP) is 3.95. The molecule has 5 rings (SSSR count). The van der Waals surface area contributed by atoms with Gasteiger partial charge in [-0.05, 0) is 36.6 Å². The number of benzene rings is 2. The van der Waals surface area contributed by atoms with Crippen molar-refractivity contribution in [2.24, 2.45) is 0 Å². The van der Waals surface area contributed by atoms with E-state index in [0.29, 0.717) is 19.3 Å². The Morgan fingerprint density at radius 3 is 2.61 bits per heavy atom. The third-order valence-electron chi connectivity index (χ3n) is 6.24. The van der Waals surface area contributed by atoms with Gasteiger partial charge >= 0.3 is 0 Å². The van der Waals surface area contributed by atoms with Gasteiger partial charge in [-0.3, -0.25) is 9.58 Å². The van der Waals surface area contributed by atoms with Crippen molar-refractivity contribution in [1.82, 2.24) is 14.7 Å². The molecule has 0 spiro atoms. The number of nitrogens with zero attached hydrogens (tertiary/aromatic N) is 3. The van der Waals surface area contributed by atoms with Crippen LogP contribution < -0.4 is 9.47 Å². The van der Waals surface area contributed by atoms with Crippen molar-refractivity contribution < 1.29 is 18.9 Å². The summed E-state index contributed by atoms with van der Waals surface area (Å²) in [5.74, 6) is 1.57. The number of aromatic nitrogens is 2. The van der Waals surface area contributed by atoms with Crippen LogP contribution in [-0.4, -0.2) is 61.0 Å². The predicted molar refractivity (Wildman–Crippen MR) is 125 cm³/mol. The summed E-state index contributed by atoms with van der Waals surface area (Å²) >= 11 is 0. The molecular formula is C26H31N3O4. The SMILES string of the molecule is COCCOC1CCN(Cc2cn(Cc3ccccc3)nc2-c2ccc3c(c2)OCO3)CC1. The quantitative estimate of drug-likeness (QED) is 0.461. The van der Waals surface area contributed by atoms with E-state index in [2.05, 4.69) is 41.4 Å². The van der Waals surface area contributed by atoms with Crippen LogP contribution >= 0.6 is 0 Å². The van der Waals surface area contributed by atoms with E-state index in [1.165, 1.54) is 11.1 Å². The van der Waals surface area contributed by atoms with Gasteiger partial charge in [0.1, 0.15) is 0 Å². The van der Waals surface area contributed by atoms with Crippen LogP contribution in [0.2, 0.25) is 0 Å². The van der Waals surface area contributed by atoms with Crippen LogP contribution in [0.4, 0.5) is 0 Å². The highest BCUT2D eigenvalue weighted by atomic mass is 16.7. The Morgan fingerprint density at radius 1 is 0.970 bits per heavy atom. The number of hydrogen-bond donors (Lipinski definition) is 0. The largest absolute Gasteiger partial charge is 0.454 e. The van der Waals surface area contributed by atoms with Gasteiger partial charge in [-0.2, -0.15) is 5.10 Å². The molecule has 7 heteroatoms. The molecule has 2 aliphatic rings. The van der Waals surface area contributed by atoms with Crippen molar-refractivity contribution in [3.8, 4) is 22.8 Å². The van der Waals surface area contributed by atoms with E-state index in [1.807, 2.05) is 22.9 Å². The lowest BCUT2D eigenvalue weighted by Gasteiger charge is -2.31. The third kappa shape index (κ3) is 5.38.